The fraction of sp³-hybridized carbons (Fsp3) is 0.278. The Kier molecular flexibility index (Phi) is 6.44. The van der Waals surface area contributed by atoms with Gasteiger partial charge >= 0.3 is 0 Å². The van der Waals surface area contributed by atoms with Gasteiger partial charge in [0.1, 0.15) is 0 Å². The highest BCUT2D eigenvalue weighted by atomic mass is 35.5. The van der Waals surface area contributed by atoms with Gasteiger partial charge in [-0.2, -0.15) is 0 Å². The molecule has 5 heteroatoms. The Hall–Kier alpha value is -2.04. The first kappa shape index (κ1) is 17.3. The first-order valence-electron chi connectivity index (χ1n) is 7.75. The van der Waals surface area contributed by atoms with Gasteiger partial charge in [0.25, 0.3) is 0 Å². The van der Waals surface area contributed by atoms with Crippen molar-refractivity contribution in [2.75, 3.05) is 17.2 Å². The molecule has 1 unspecified atom stereocenters. The molecule has 1 atom stereocenters. The number of nitrogens with one attached hydrogen (secondary N) is 3. The van der Waals surface area contributed by atoms with Gasteiger partial charge < -0.3 is 16.0 Å². The standard InChI is InChI=1S/C18H21N3O.ClH/c22-18(13-15-10-5-11-19-15)21-17-9-4-8-16(12-17)20-14-6-2-1-3-7-14;/h1-4,6-9,12,15,19-20H,5,10-11,13H2,(H,21,22);1H. The molecular weight excluding hydrogens is 310 g/mol. The molecular formula is C18H22ClN3O. The van der Waals surface area contributed by atoms with Crippen molar-refractivity contribution < 1.29 is 4.79 Å². The third-order valence-corrected chi connectivity index (χ3v) is 3.80. The van der Waals surface area contributed by atoms with Crippen LogP contribution in [0.2, 0.25) is 0 Å². The van der Waals surface area contributed by atoms with E-state index in [1.165, 1.54) is 0 Å². The molecule has 1 aliphatic rings. The third-order valence-electron chi connectivity index (χ3n) is 3.80. The first-order chi connectivity index (χ1) is 10.8. The lowest BCUT2D eigenvalue weighted by atomic mass is 10.1. The molecule has 1 fully saturated rings. The second-order valence-electron chi connectivity index (χ2n) is 5.62. The Morgan fingerprint density at radius 1 is 1.04 bits per heavy atom. The second-order valence-corrected chi connectivity index (χ2v) is 5.62. The Labute approximate surface area is 143 Å². The van der Waals surface area contributed by atoms with Crippen molar-refractivity contribution in [3.05, 3.63) is 54.6 Å². The molecule has 3 N–H and O–H groups in total. The number of amides is 1. The molecule has 122 valence electrons. The fourth-order valence-electron chi connectivity index (χ4n) is 2.73. The Balaban J connectivity index is 0.00000192. The number of carbonyl (C=O) groups excluding carboxylic acids is 1. The van der Waals surface area contributed by atoms with Crippen LogP contribution in [0.25, 0.3) is 0 Å². The van der Waals surface area contributed by atoms with Gasteiger partial charge in [-0.25, -0.2) is 0 Å². The fourth-order valence-corrected chi connectivity index (χ4v) is 2.73. The molecule has 0 aliphatic carbocycles. The van der Waals surface area contributed by atoms with Crippen LogP contribution in [0.15, 0.2) is 54.6 Å². The number of rotatable bonds is 5. The predicted octanol–water partition coefficient (Wildman–Crippen LogP) is 3.93. The van der Waals surface area contributed by atoms with E-state index in [4.69, 9.17) is 0 Å². The summed E-state index contributed by atoms with van der Waals surface area (Å²) in [6.45, 7) is 1.02. The zero-order valence-electron chi connectivity index (χ0n) is 12.9. The maximum atomic E-state index is 12.1. The van der Waals surface area contributed by atoms with Gasteiger partial charge in [0.15, 0.2) is 0 Å². The molecule has 3 rings (SSSR count). The van der Waals surface area contributed by atoms with E-state index >= 15 is 0 Å². The summed E-state index contributed by atoms with van der Waals surface area (Å²) in [5.74, 6) is 0.0660. The summed E-state index contributed by atoms with van der Waals surface area (Å²) in [4.78, 5) is 12.1. The molecule has 2 aromatic carbocycles. The number of anilines is 3. The molecule has 0 spiro atoms. The summed E-state index contributed by atoms with van der Waals surface area (Å²) in [5.41, 5.74) is 2.81. The van der Waals surface area contributed by atoms with E-state index in [1.807, 2.05) is 54.6 Å². The minimum Gasteiger partial charge on any atom is -0.355 e. The Bertz CT molecular complexity index is 627. The molecule has 2 aromatic rings. The van der Waals surface area contributed by atoms with Crippen LogP contribution in [0.1, 0.15) is 19.3 Å². The van der Waals surface area contributed by atoms with Crippen molar-refractivity contribution in [2.24, 2.45) is 0 Å². The zero-order valence-corrected chi connectivity index (χ0v) is 13.7. The SMILES string of the molecule is Cl.O=C(CC1CCCN1)Nc1cccc(Nc2ccccc2)c1. The van der Waals surface area contributed by atoms with Gasteiger partial charge in [-0.3, -0.25) is 4.79 Å². The van der Waals surface area contributed by atoms with Crippen molar-refractivity contribution in [1.29, 1.82) is 0 Å². The van der Waals surface area contributed by atoms with Crippen molar-refractivity contribution in [3.63, 3.8) is 0 Å². The van der Waals surface area contributed by atoms with E-state index < -0.39 is 0 Å². The lowest BCUT2D eigenvalue weighted by Gasteiger charge is -2.12. The van der Waals surface area contributed by atoms with Crippen LogP contribution in [0.4, 0.5) is 17.1 Å². The maximum Gasteiger partial charge on any atom is 0.225 e. The topological polar surface area (TPSA) is 53.2 Å². The summed E-state index contributed by atoms with van der Waals surface area (Å²) < 4.78 is 0. The molecule has 1 saturated heterocycles. The molecule has 0 bridgehead atoms. The van der Waals surface area contributed by atoms with Crippen LogP contribution >= 0.6 is 12.4 Å². The summed E-state index contributed by atoms with van der Waals surface area (Å²) >= 11 is 0. The van der Waals surface area contributed by atoms with Crippen LogP contribution in [0.3, 0.4) is 0 Å². The van der Waals surface area contributed by atoms with Gasteiger partial charge in [0.2, 0.25) is 5.91 Å². The zero-order chi connectivity index (χ0) is 15.2. The Morgan fingerprint density at radius 2 is 1.78 bits per heavy atom. The number of hydrogen-bond acceptors (Lipinski definition) is 3. The first-order valence-corrected chi connectivity index (χ1v) is 7.75. The lowest BCUT2D eigenvalue weighted by molar-refractivity contribution is -0.116. The van der Waals surface area contributed by atoms with E-state index in [9.17, 15) is 4.79 Å². The minimum atomic E-state index is 0. The van der Waals surface area contributed by atoms with Crippen molar-refractivity contribution in [3.8, 4) is 0 Å². The number of para-hydroxylation sites is 1. The van der Waals surface area contributed by atoms with Gasteiger partial charge in [-0.15, -0.1) is 12.4 Å². The smallest absolute Gasteiger partial charge is 0.225 e. The van der Waals surface area contributed by atoms with E-state index in [-0.39, 0.29) is 18.3 Å². The van der Waals surface area contributed by atoms with Crippen LogP contribution in [-0.4, -0.2) is 18.5 Å². The van der Waals surface area contributed by atoms with Crippen LogP contribution in [0, 0.1) is 0 Å². The molecule has 0 radical (unpaired) electrons. The highest BCUT2D eigenvalue weighted by Crippen LogP contribution is 2.20. The Morgan fingerprint density at radius 3 is 2.52 bits per heavy atom. The van der Waals surface area contributed by atoms with E-state index in [2.05, 4.69) is 16.0 Å². The molecule has 1 heterocycles. The molecule has 4 nitrogen and oxygen atoms in total. The van der Waals surface area contributed by atoms with E-state index in [0.717, 1.165) is 36.4 Å². The molecule has 0 saturated carbocycles. The van der Waals surface area contributed by atoms with Crippen LogP contribution in [-0.2, 0) is 4.79 Å². The lowest BCUT2D eigenvalue weighted by Crippen LogP contribution is -2.27. The normalized spacial score (nSPS) is 16.4. The molecule has 1 aliphatic heterocycles. The maximum absolute atomic E-state index is 12.1. The average molecular weight is 332 g/mol. The van der Waals surface area contributed by atoms with Crippen LogP contribution < -0.4 is 16.0 Å². The largest absolute Gasteiger partial charge is 0.355 e. The predicted molar refractivity (Wildman–Crippen MR) is 97.7 cm³/mol. The molecule has 1 amide bonds. The summed E-state index contributed by atoms with van der Waals surface area (Å²) in [5, 5.41) is 9.65. The minimum absolute atomic E-state index is 0. The van der Waals surface area contributed by atoms with Crippen molar-refractivity contribution >= 4 is 35.4 Å². The molecule has 23 heavy (non-hydrogen) atoms. The quantitative estimate of drug-likeness (QED) is 0.778. The van der Waals surface area contributed by atoms with E-state index in [1.54, 1.807) is 0 Å². The number of benzene rings is 2. The van der Waals surface area contributed by atoms with Gasteiger partial charge in [0, 0.05) is 29.5 Å². The third kappa shape index (κ3) is 5.27. The highest BCUT2D eigenvalue weighted by molar-refractivity contribution is 5.91. The van der Waals surface area contributed by atoms with Gasteiger partial charge in [0.05, 0.1) is 0 Å². The van der Waals surface area contributed by atoms with Crippen molar-refractivity contribution in [1.82, 2.24) is 5.32 Å². The number of halogens is 1. The average Bonchev–Trinajstić information content (AvgIpc) is 3.01. The summed E-state index contributed by atoms with van der Waals surface area (Å²) in [6, 6.07) is 18.1. The van der Waals surface area contributed by atoms with Gasteiger partial charge in [-0.1, -0.05) is 24.3 Å². The summed E-state index contributed by atoms with van der Waals surface area (Å²) in [6.07, 6.45) is 2.79. The highest BCUT2D eigenvalue weighted by Gasteiger charge is 2.17. The molecule has 0 aromatic heterocycles. The monoisotopic (exact) mass is 331 g/mol. The van der Waals surface area contributed by atoms with Crippen LogP contribution in [0.5, 0.6) is 0 Å². The van der Waals surface area contributed by atoms with E-state index in [0.29, 0.717) is 12.5 Å². The number of hydrogen-bond donors (Lipinski definition) is 3. The van der Waals surface area contributed by atoms with Gasteiger partial charge in [-0.05, 0) is 49.7 Å². The van der Waals surface area contributed by atoms with Crippen molar-refractivity contribution in [2.45, 2.75) is 25.3 Å². The second kappa shape index (κ2) is 8.56. The summed E-state index contributed by atoms with van der Waals surface area (Å²) in [7, 11) is 0. The number of carbonyl (C=O) groups is 1.